The second kappa shape index (κ2) is 8.45. The van der Waals surface area contributed by atoms with Gasteiger partial charge in [-0.3, -0.25) is 20.2 Å². The number of carbonyl (C=O) groups excluding carboxylic acids is 1. The quantitative estimate of drug-likeness (QED) is 0.416. The maximum absolute atomic E-state index is 12.5. The number of thiocarbonyl (C=S) groups is 1. The topological polar surface area (TPSA) is 87.5 Å². The molecule has 1 aliphatic rings. The molecule has 0 bridgehead atoms. The zero-order valence-corrected chi connectivity index (χ0v) is 16.7. The minimum absolute atomic E-state index is 0.130. The highest BCUT2D eigenvalue weighted by Gasteiger charge is 2.18. The van der Waals surface area contributed by atoms with Gasteiger partial charge in [-0.1, -0.05) is 12.1 Å². The van der Waals surface area contributed by atoms with Crippen molar-refractivity contribution in [1.82, 2.24) is 5.32 Å². The van der Waals surface area contributed by atoms with Crippen molar-refractivity contribution in [3.05, 3.63) is 62.6 Å². The summed E-state index contributed by atoms with van der Waals surface area (Å²) in [6.07, 6.45) is 2.30. The van der Waals surface area contributed by atoms with Gasteiger partial charge in [-0.05, 0) is 59.2 Å². The number of hydrogen-bond acceptors (Lipinski definition) is 5. The minimum atomic E-state index is -0.550. The summed E-state index contributed by atoms with van der Waals surface area (Å²) < 4.78 is 0.450. The van der Waals surface area contributed by atoms with Crippen LogP contribution in [0.1, 0.15) is 23.2 Å². The van der Waals surface area contributed by atoms with Crippen molar-refractivity contribution >= 4 is 56.2 Å². The second-order valence-electron chi connectivity index (χ2n) is 6.04. The number of hydrogen-bond donors (Lipinski definition) is 2. The van der Waals surface area contributed by atoms with Crippen molar-refractivity contribution in [2.24, 2.45) is 0 Å². The first-order chi connectivity index (χ1) is 13.0. The molecule has 1 fully saturated rings. The van der Waals surface area contributed by atoms with E-state index in [1.54, 1.807) is 0 Å². The molecule has 0 saturated carbocycles. The van der Waals surface area contributed by atoms with E-state index in [4.69, 9.17) is 12.2 Å². The molecule has 0 aliphatic carbocycles. The van der Waals surface area contributed by atoms with E-state index in [0.29, 0.717) is 4.47 Å². The molecule has 1 amide bonds. The maximum atomic E-state index is 12.5. The number of nitrogens with one attached hydrogen (secondary N) is 2. The lowest BCUT2D eigenvalue weighted by atomic mass is 10.2. The molecule has 3 rings (SSSR count). The Morgan fingerprint density at radius 3 is 2.59 bits per heavy atom. The van der Waals surface area contributed by atoms with Crippen molar-refractivity contribution in [3.63, 3.8) is 0 Å². The van der Waals surface area contributed by atoms with Crippen LogP contribution in [-0.4, -0.2) is 29.0 Å². The van der Waals surface area contributed by atoms with Gasteiger partial charge in [0.25, 0.3) is 11.6 Å². The van der Waals surface area contributed by atoms with E-state index >= 15 is 0 Å². The van der Waals surface area contributed by atoms with E-state index < -0.39 is 10.8 Å². The van der Waals surface area contributed by atoms with Crippen LogP contribution < -0.4 is 15.5 Å². The first-order valence-corrected chi connectivity index (χ1v) is 9.56. The molecule has 2 N–H and O–H groups in total. The largest absolute Gasteiger partial charge is 0.370 e. The molecule has 7 nitrogen and oxygen atoms in total. The number of anilines is 2. The Balaban J connectivity index is 1.72. The van der Waals surface area contributed by atoms with Gasteiger partial charge in [0.05, 0.1) is 21.9 Å². The highest BCUT2D eigenvalue weighted by Crippen LogP contribution is 2.28. The van der Waals surface area contributed by atoms with Crippen molar-refractivity contribution in [2.45, 2.75) is 12.8 Å². The molecule has 0 spiro atoms. The summed E-state index contributed by atoms with van der Waals surface area (Å²) in [7, 11) is 0. The second-order valence-corrected chi connectivity index (χ2v) is 7.30. The van der Waals surface area contributed by atoms with Crippen molar-refractivity contribution in [1.29, 1.82) is 0 Å². The number of halogens is 1. The standard InChI is InChI=1S/C18H17BrN4O3S/c19-14-8-7-12(23(25)26)11-13(14)17(24)21-18(27)20-15-5-1-2-6-16(15)22-9-3-4-10-22/h1-2,5-8,11H,3-4,9-10H2,(H2,20,21,24,27). The summed E-state index contributed by atoms with van der Waals surface area (Å²) in [6.45, 7) is 1.97. The lowest BCUT2D eigenvalue weighted by Gasteiger charge is -2.22. The van der Waals surface area contributed by atoms with Gasteiger partial charge in [-0.25, -0.2) is 0 Å². The Labute approximate surface area is 170 Å². The van der Waals surface area contributed by atoms with Gasteiger partial charge in [-0.2, -0.15) is 0 Å². The zero-order valence-electron chi connectivity index (χ0n) is 14.3. The molecule has 0 radical (unpaired) electrons. The third kappa shape index (κ3) is 4.61. The first-order valence-electron chi connectivity index (χ1n) is 8.36. The predicted molar refractivity (Wildman–Crippen MR) is 112 cm³/mol. The van der Waals surface area contributed by atoms with E-state index in [-0.39, 0.29) is 16.4 Å². The summed E-state index contributed by atoms with van der Waals surface area (Å²) in [6, 6.07) is 11.8. The number of rotatable bonds is 4. The smallest absolute Gasteiger partial charge is 0.270 e. The lowest BCUT2D eigenvalue weighted by molar-refractivity contribution is -0.384. The predicted octanol–water partition coefficient (Wildman–Crippen LogP) is 4.08. The molecule has 140 valence electrons. The van der Waals surface area contributed by atoms with Crippen molar-refractivity contribution in [2.75, 3.05) is 23.3 Å². The Morgan fingerprint density at radius 1 is 1.19 bits per heavy atom. The minimum Gasteiger partial charge on any atom is -0.370 e. The average molecular weight is 449 g/mol. The van der Waals surface area contributed by atoms with Crippen LogP contribution in [0.15, 0.2) is 46.9 Å². The summed E-state index contributed by atoms with van der Waals surface area (Å²) in [5.41, 5.74) is 1.81. The lowest BCUT2D eigenvalue weighted by Crippen LogP contribution is -2.35. The normalized spacial score (nSPS) is 13.3. The Kier molecular flexibility index (Phi) is 6.02. The molecule has 1 saturated heterocycles. The fourth-order valence-corrected chi connectivity index (χ4v) is 3.57. The van der Waals surface area contributed by atoms with E-state index in [2.05, 4.69) is 31.5 Å². The Morgan fingerprint density at radius 2 is 1.89 bits per heavy atom. The van der Waals surface area contributed by atoms with Crippen LogP contribution in [0.2, 0.25) is 0 Å². The summed E-state index contributed by atoms with van der Waals surface area (Å²) in [5.74, 6) is -0.526. The molecule has 0 unspecified atom stereocenters. The van der Waals surface area contributed by atoms with Crippen LogP contribution in [0.25, 0.3) is 0 Å². The number of carbonyl (C=O) groups is 1. The summed E-state index contributed by atoms with van der Waals surface area (Å²) >= 11 is 8.50. The van der Waals surface area contributed by atoms with Crippen LogP contribution >= 0.6 is 28.1 Å². The molecular formula is C18H17BrN4O3S. The maximum Gasteiger partial charge on any atom is 0.270 e. The van der Waals surface area contributed by atoms with Gasteiger partial charge in [0.15, 0.2) is 5.11 Å². The SMILES string of the molecule is O=C(NC(=S)Nc1ccccc1N1CCCC1)c1cc([N+](=O)[O-])ccc1Br. The van der Waals surface area contributed by atoms with Gasteiger partial charge in [0.2, 0.25) is 0 Å². The third-order valence-corrected chi connectivity index (χ3v) is 5.13. The van der Waals surface area contributed by atoms with E-state index in [1.165, 1.54) is 18.2 Å². The van der Waals surface area contributed by atoms with Crippen molar-refractivity contribution < 1.29 is 9.72 Å². The summed E-state index contributed by atoms with van der Waals surface area (Å²) in [5, 5.41) is 16.7. The van der Waals surface area contributed by atoms with Crippen LogP contribution in [0.3, 0.4) is 0 Å². The number of nitro groups is 1. The number of amides is 1. The highest BCUT2D eigenvalue weighted by atomic mass is 79.9. The molecular weight excluding hydrogens is 432 g/mol. The fraction of sp³-hybridized carbons (Fsp3) is 0.222. The van der Waals surface area contributed by atoms with E-state index in [0.717, 1.165) is 37.3 Å². The molecule has 9 heteroatoms. The van der Waals surface area contributed by atoms with Crippen LogP contribution in [0.4, 0.5) is 17.1 Å². The Bertz CT molecular complexity index is 900. The van der Waals surface area contributed by atoms with E-state index in [1.807, 2.05) is 24.3 Å². The van der Waals surface area contributed by atoms with Crippen LogP contribution in [0, 0.1) is 10.1 Å². The molecule has 1 aliphatic heterocycles. The van der Waals surface area contributed by atoms with Gasteiger partial charge in [0.1, 0.15) is 0 Å². The number of nitro benzene ring substituents is 1. The highest BCUT2D eigenvalue weighted by molar-refractivity contribution is 9.10. The number of non-ortho nitro benzene ring substituents is 1. The molecule has 2 aromatic rings. The fourth-order valence-electron chi connectivity index (χ4n) is 2.94. The summed E-state index contributed by atoms with van der Waals surface area (Å²) in [4.78, 5) is 25.1. The van der Waals surface area contributed by atoms with Crippen LogP contribution in [0.5, 0.6) is 0 Å². The van der Waals surface area contributed by atoms with Gasteiger partial charge in [0, 0.05) is 29.7 Å². The Hall–Kier alpha value is -2.52. The number of nitrogens with zero attached hydrogens (tertiary/aromatic N) is 2. The monoisotopic (exact) mass is 448 g/mol. The number of benzene rings is 2. The molecule has 1 heterocycles. The third-order valence-electron chi connectivity index (χ3n) is 4.23. The van der Waals surface area contributed by atoms with Crippen molar-refractivity contribution in [3.8, 4) is 0 Å². The van der Waals surface area contributed by atoms with Gasteiger partial charge >= 0.3 is 0 Å². The molecule has 2 aromatic carbocycles. The molecule has 27 heavy (non-hydrogen) atoms. The van der Waals surface area contributed by atoms with Gasteiger partial charge in [-0.15, -0.1) is 0 Å². The molecule has 0 atom stereocenters. The number of para-hydroxylation sites is 2. The average Bonchev–Trinajstić information content (AvgIpc) is 3.16. The first kappa shape index (κ1) is 19.2. The van der Waals surface area contributed by atoms with E-state index in [9.17, 15) is 14.9 Å². The molecule has 0 aromatic heterocycles. The zero-order chi connectivity index (χ0) is 19.4. The van der Waals surface area contributed by atoms with Gasteiger partial charge < -0.3 is 10.2 Å². The van der Waals surface area contributed by atoms with Crippen LogP contribution in [-0.2, 0) is 0 Å².